The first kappa shape index (κ1) is 15.1. The Labute approximate surface area is 111 Å². The molecule has 0 aliphatic heterocycles. The van der Waals surface area contributed by atoms with Crippen molar-refractivity contribution < 1.29 is 18.3 Å². The van der Waals surface area contributed by atoms with Gasteiger partial charge in [-0.2, -0.15) is 0 Å². The van der Waals surface area contributed by atoms with Gasteiger partial charge in [0, 0.05) is 17.8 Å². The lowest BCUT2D eigenvalue weighted by Crippen LogP contribution is -2.28. The van der Waals surface area contributed by atoms with Crippen molar-refractivity contribution in [2.24, 2.45) is 5.92 Å². The van der Waals surface area contributed by atoms with Crippen molar-refractivity contribution >= 4 is 27.3 Å². The molecule has 1 aromatic heterocycles. The molecule has 0 bridgehead atoms. The van der Waals surface area contributed by atoms with Crippen molar-refractivity contribution in [1.29, 1.82) is 0 Å². The molecule has 1 unspecified atom stereocenters. The zero-order valence-electron chi connectivity index (χ0n) is 10.3. The van der Waals surface area contributed by atoms with Gasteiger partial charge in [0.1, 0.15) is 4.21 Å². The second-order valence-corrected chi connectivity index (χ2v) is 7.29. The van der Waals surface area contributed by atoms with Crippen LogP contribution in [0.4, 0.5) is 0 Å². The molecule has 0 radical (unpaired) electrons. The van der Waals surface area contributed by atoms with E-state index < -0.39 is 16.0 Å². The molecule has 0 saturated carbocycles. The van der Waals surface area contributed by atoms with Crippen LogP contribution >= 0.6 is 11.3 Å². The highest BCUT2D eigenvalue weighted by Crippen LogP contribution is 2.21. The van der Waals surface area contributed by atoms with Gasteiger partial charge in [-0.3, -0.25) is 4.79 Å². The van der Waals surface area contributed by atoms with Crippen molar-refractivity contribution in [3.63, 3.8) is 0 Å². The summed E-state index contributed by atoms with van der Waals surface area (Å²) in [6.07, 6.45) is 0.753. The first-order chi connectivity index (χ1) is 8.35. The van der Waals surface area contributed by atoms with Gasteiger partial charge in [-0.05, 0) is 24.5 Å². The average molecular weight is 291 g/mol. The summed E-state index contributed by atoms with van der Waals surface area (Å²) in [4.78, 5) is 11.5. The van der Waals surface area contributed by atoms with Crippen LogP contribution in [-0.4, -0.2) is 26.0 Å². The van der Waals surface area contributed by atoms with Gasteiger partial charge in [0.05, 0.1) is 0 Å². The fraction of sp³-hybridized carbons (Fsp3) is 0.545. The summed E-state index contributed by atoms with van der Waals surface area (Å²) in [5.74, 6) is -1.16. The summed E-state index contributed by atoms with van der Waals surface area (Å²) in [5.41, 5.74) is 0. The third kappa shape index (κ3) is 4.40. The van der Waals surface area contributed by atoms with Crippen LogP contribution in [-0.2, 0) is 21.2 Å². The Bertz CT molecular complexity index is 507. The summed E-state index contributed by atoms with van der Waals surface area (Å²) in [5, 5.41) is 8.59. The van der Waals surface area contributed by atoms with E-state index in [1.54, 1.807) is 19.1 Å². The minimum absolute atomic E-state index is 0.0484. The highest BCUT2D eigenvalue weighted by atomic mass is 32.2. The molecule has 0 aliphatic carbocycles. The van der Waals surface area contributed by atoms with Gasteiger partial charge in [-0.1, -0.05) is 13.8 Å². The Morgan fingerprint density at radius 2 is 2.17 bits per heavy atom. The van der Waals surface area contributed by atoms with E-state index in [2.05, 4.69) is 4.72 Å². The van der Waals surface area contributed by atoms with Crippen molar-refractivity contribution in [3.05, 3.63) is 17.0 Å². The van der Waals surface area contributed by atoms with Crippen LogP contribution in [0.1, 0.15) is 25.1 Å². The Kier molecular flexibility index (Phi) is 5.30. The molecule has 0 aliphatic rings. The molecule has 1 atom stereocenters. The zero-order chi connectivity index (χ0) is 13.8. The lowest BCUT2D eigenvalue weighted by Gasteiger charge is -2.09. The molecule has 18 heavy (non-hydrogen) atoms. The number of hydrogen-bond acceptors (Lipinski definition) is 4. The average Bonchev–Trinajstić information content (AvgIpc) is 2.75. The zero-order valence-corrected chi connectivity index (χ0v) is 12.0. The third-order valence-corrected chi connectivity index (χ3v) is 5.54. The number of aryl methyl sites for hydroxylation is 1. The summed E-state index contributed by atoms with van der Waals surface area (Å²) in [6.45, 7) is 3.79. The second kappa shape index (κ2) is 6.31. The van der Waals surface area contributed by atoms with Crippen molar-refractivity contribution in [2.45, 2.75) is 30.9 Å². The van der Waals surface area contributed by atoms with Crippen LogP contribution in [0, 0.1) is 5.92 Å². The lowest BCUT2D eigenvalue weighted by atomic mass is 10.1. The quantitative estimate of drug-likeness (QED) is 0.801. The monoisotopic (exact) mass is 291 g/mol. The Balaban J connectivity index is 2.62. The van der Waals surface area contributed by atoms with E-state index >= 15 is 0 Å². The summed E-state index contributed by atoms with van der Waals surface area (Å²) in [6, 6.07) is 3.37. The number of carbonyl (C=O) groups is 1. The van der Waals surface area contributed by atoms with E-state index in [-0.39, 0.29) is 23.1 Å². The van der Waals surface area contributed by atoms with Crippen LogP contribution in [0.25, 0.3) is 0 Å². The Morgan fingerprint density at radius 3 is 2.67 bits per heavy atom. The Morgan fingerprint density at radius 1 is 1.50 bits per heavy atom. The maximum Gasteiger partial charge on any atom is 0.303 e. The lowest BCUT2D eigenvalue weighted by molar-refractivity contribution is -0.137. The van der Waals surface area contributed by atoms with Gasteiger partial charge in [0.25, 0.3) is 0 Å². The Hall–Kier alpha value is -0.920. The molecular weight excluding hydrogens is 274 g/mol. The van der Waals surface area contributed by atoms with Crippen LogP contribution < -0.4 is 4.72 Å². The molecule has 102 valence electrons. The standard InChI is InChI=1S/C11H17NO4S2/c1-3-9-4-5-11(17-9)18(15,16)12-7-8(2)6-10(13)14/h4-5,8,12H,3,6-7H2,1-2H3,(H,13,14). The number of thiophene rings is 1. The topological polar surface area (TPSA) is 83.5 Å². The van der Waals surface area contributed by atoms with E-state index in [0.717, 1.165) is 11.3 Å². The second-order valence-electron chi connectivity index (χ2n) is 4.13. The predicted octanol–water partition coefficient (Wildman–Crippen LogP) is 1.70. The summed E-state index contributed by atoms with van der Waals surface area (Å²) in [7, 11) is -3.50. The van der Waals surface area contributed by atoms with E-state index in [1.165, 1.54) is 11.3 Å². The van der Waals surface area contributed by atoms with Gasteiger partial charge in [-0.15, -0.1) is 11.3 Å². The molecule has 0 saturated heterocycles. The number of rotatable bonds is 7. The molecule has 0 aromatic carbocycles. The van der Waals surface area contributed by atoms with E-state index in [4.69, 9.17) is 5.11 Å². The highest BCUT2D eigenvalue weighted by molar-refractivity contribution is 7.91. The third-order valence-electron chi connectivity index (χ3n) is 2.40. The van der Waals surface area contributed by atoms with Crippen LogP contribution in [0.2, 0.25) is 0 Å². The number of nitrogens with one attached hydrogen (secondary N) is 1. The molecule has 1 heterocycles. The normalized spacial score (nSPS) is 13.4. The molecule has 7 heteroatoms. The highest BCUT2D eigenvalue weighted by Gasteiger charge is 2.18. The number of hydrogen-bond donors (Lipinski definition) is 2. The first-order valence-corrected chi connectivity index (χ1v) is 7.95. The number of carboxylic acids is 1. The molecule has 2 N–H and O–H groups in total. The van der Waals surface area contributed by atoms with Crippen LogP contribution in [0.3, 0.4) is 0 Å². The summed E-state index contributed by atoms with van der Waals surface area (Å²) < 4.78 is 26.5. The smallest absolute Gasteiger partial charge is 0.303 e. The van der Waals surface area contributed by atoms with E-state index in [1.807, 2.05) is 6.92 Å². The maximum atomic E-state index is 11.9. The fourth-order valence-corrected chi connectivity index (χ4v) is 3.89. The van der Waals surface area contributed by atoms with Gasteiger partial charge in [0.15, 0.2) is 0 Å². The molecule has 1 aromatic rings. The first-order valence-electron chi connectivity index (χ1n) is 5.65. The minimum Gasteiger partial charge on any atom is -0.481 e. The maximum absolute atomic E-state index is 11.9. The van der Waals surface area contributed by atoms with Crippen LogP contribution in [0.15, 0.2) is 16.3 Å². The van der Waals surface area contributed by atoms with Crippen molar-refractivity contribution in [3.8, 4) is 0 Å². The van der Waals surface area contributed by atoms with Crippen LogP contribution in [0.5, 0.6) is 0 Å². The number of aliphatic carboxylic acids is 1. The molecule has 5 nitrogen and oxygen atoms in total. The predicted molar refractivity (Wildman–Crippen MR) is 70.3 cm³/mol. The molecule has 0 fully saturated rings. The van der Waals surface area contributed by atoms with E-state index in [0.29, 0.717) is 0 Å². The SMILES string of the molecule is CCc1ccc(S(=O)(=O)NCC(C)CC(=O)O)s1. The van der Waals surface area contributed by atoms with Crippen molar-refractivity contribution in [1.82, 2.24) is 4.72 Å². The van der Waals surface area contributed by atoms with Gasteiger partial charge in [-0.25, -0.2) is 13.1 Å². The number of sulfonamides is 1. The van der Waals surface area contributed by atoms with Gasteiger partial charge in [0.2, 0.25) is 10.0 Å². The molecule has 0 spiro atoms. The largest absolute Gasteiger partial charge is 0.481 e. The molecular formula is C11H17NO4S2. The van der Waals surface area contributed by atoms with Gasteiger partial charge >= 0.3 is 5.97 Å². The van der Waals surface area contributed by atoms with Gasteiger partial charge < -0.3 is 5.11 Å². The number of carboxylic acid groups (broad SMARTS) is 1. The van der Waals surface area contributed by atoms with Crippen molar-refractivity contribution in [2.75, 3.05) is 6.54 Å². The summed E-state index contributed by atoms with van der Waals surface area (Å²) >= 11 is 1.24. The van der Waals surface area contributed by atoms with E-state index in [9.17, 15) is 13.2 Å². The molecule has 1 rings (SSSR count). The molecule has 0 amide bonds. The minimum atomic E-state index is -3.50. The fourth-order valence-electron chi connectivity index (χ4n) is 1.39.